The number of nitrogens with one attached hydrogen (secondary N) is 1. The molecule has 1 aromatic rings. The number of rotatable bonds is 3. The molecule has 2 atom stereocenters. The lowest BCUT2D eigenvalue weighted by atomic mass is 9.99. The summed E-state index contributed by atoms with van der Waals surface area (Å²) in [6.07, 6.45) is 0. The zero-order valence-corrected chi connectivity index (χ0v) is 11.3. The van der Waals surface area contributed by atoms with E-state index in [-0.39, 0.29) is 11.6 Å². The third-order valence-electron chi connectivity index (χ3n) is 3.41. The standard InChI is InChI=1S/C12H16F3N3S/c1-18-4-5-19-6-9(18)12(17-16)7-2-3-8(13)11(15)10(7)14/h2-3,9,12,17H,4-6,16H2,1H3. The number of hydrogen-bond donors (Lipinski definition) is 2. The highest BCUT2D eigenvalue weighted by molar-refractivity contribution is 7.99. The van der Waals surface area contributed by atoms with E-state index in [2.05, 4.69) is 5.43 Å². The van der Waals surface area contributed by atoms with Crippen molar-refractivity contribution in [2.24, 2.45) is 5.84 Å². The van der Waals surface area contributed by atoms with E-state index in [0.29, 0.717) is 0 Å². The Kier molecular flexibility index (Phi) is 4.72. The Balaban J connectivity index is 2.34. The summed E-state index contributed by atoms with van der Waals surface area (Å²) in [4.78, 5) is 2.04. The van der Waals surface area contributed by atoms with Gasteiger partial charge >= 0.3 is 0 Å². The summed E-state index contributed by atoms with van der Waals surface area (Å²) in [5.41, 5.74) is 2.58. The molecule has 106 valence electrons. The van der Waals surface area contributed by atoms with Gasteiger partial charge in [-0.25, -0.2) is 13.2 Å². The molecule has 0 bridgehead atoms. The van der Waals surface area contributed by atoms with E-state index in [0.717, 1.165) is 24.1 Å². The first-order valence-electron chi connectivity index (χ1n) is 5.93. The molecule has 1 aliphatic rings. The summed E-state index contributed by atoms with van der Waals surface area (Å²) in [6.45, 7) is 0.846. The second-order valence-corrected chi connectivity index (χ2v) is 5.68. The van der Waals surface area contributed by atoms with E-state index in [1.54, 1.807) is 11.8 Å². The van der Waals surface area contributed by atoms with E-state index in [1.165, 1.54) is 6.07 Å². The van der Waals surface area contributed by atoms with Crippen LogP contribution in [0.4, 0.5) is 13.2 Å². The lowest BCUT2D eigenvalue weighted by Gasteiger charge is -2.37. The van der Waals surface area contributed by atoms with Crippen LogP contribution in [0.3, 0.4) is 0 Å². The lowest BCUT2D eigenvalue weighted by Crippen LogP contribution is -2.49. The molecule has 0 spiro atoms. The van der Waals surface area contributed by atoms with Crippen molar-refractivity contribution in [1.82, 2.24) is 10.3 Å². The summed E-state index contributed by atoms with van der Waals surface area (Å²) in [7, 11) is 1.91. The molecule has 2 rings (SSSR count). The van der Waals surface area contributed by atoms with E-state index < -0.39 is 23.5 Å². The van der Waals surface area contributed by atoms with Gasteiger partial charge in [0.25, 0.3) is 0 Å². The van der Waals surface area contributed by atoms with Crippen LogP contribution in [0.15, 0.2) is 12.1 Å². The van der Waals surface area contributed by atoms with E-state index >= 15 is 0 Å². The fourth-order valence-electron chi connectivity index (χ4n) is 2.25. The number of hydrazine groups is 1. The molecule has 1 aromatic carbocycles. The highest BCUT2D eigenvalue weighted by atomic mass is 32.2. The normalized spacial score (nSPS) is 22.5. The number of likely N-dealkylation sites (N-methyl/N-ethyl adjacent to an activating group) is 1. The van der Waals surface area contributed by atoms with Gasteiger partial charge in [0.05, 0.1) is 6.04 Å². The highest BCUT2D eigenvalue weighted by Crippen LogP contribution is 2.29. The van der Waals surface area contributed by atoms with Gasteiger partial charge in [-0.05, 0) is 13.1 Å². The SMILES string of the molecule is CN1CCSCC1C(NN)c1ccc(F)c(F)c1F. The second-order valence-electron chi connectivity index (χ2n) is 4.53. The van der Waals surface area contributed by atoms with Crippen LogP contribution in [0.5, 0.6) is 0 Å². The molecule has 0 aliphatic carbocycles. The number of benzene rings is 1. The molecule has 0 aromatic heterocycles. The molecular formula is C12H16F3N3S. The predicted molar refractivity (Wildman–Crippen MR) is 70.1 cm³/mol. The Labute approximate surface area is 114 Å². The molecule has 0 amide bonds. The summed E-state index contributed by atoms with van der Waals surface area (Å²) in [6, 6.07) is 1.52. The molecule has 1 heterocycles. The summed E-state index contributed by atoms with van der Waals surface area (Å²) >= 11 is 1.73. The zero-order chi connectivity index (χ0) is 14.0. The van der Waals surface area contributed by atoms with Crippen molar-refractivity contribution in [3.63, 3.8) is 0 Å². The smallest absolute Gasteiger partial charge is 0.194 e. The van der Waals surface area contributed by atoms with Crippen LogP contribution in [-0.4, -0.2) is 36.0 Å². The van der Waals surface area contributed by atoms with Crippen molar-refractivity contribution in [1.29, 1.82) is 0 Å². The molecule has 1 fully saturated rings. The predicted octanol–water partition coefficient (Wildman–Crippen LogP) is 1.66. The third-order valence-corrected chi connectivity index (χ3v) is 4.46. The van der Waals surface area contributed by atoms with Crippen molar-refractivity contribution >= 4 is 11.8 Å². The van der Waals surface area contributed by atoms with Gasteiger partial charge in [-0.15, -0.1) is 0 Å². The number of nitrogens with zero attached hydrogens (tertiary/aromatic N) is 1. The van der Waals surface area contributed by atoms with Crippen molar-refractivity contribution in [3.05, 3.63) is 35.1 Å². The minimum Gasteiger partial charge on any atom is -0.300 e. The van der Waals surface area contributed by atoms with Crippen LogP contribution in [0.1, 0.15) is 11.6 Å². The van der Waals surface area contributed by atoms with Crippen molar-refractivity contribution in [2.45, 2.75) is 12.1 Å². The first-order chi connectivity index (χ1) is 9.06. The number of hydrogen-bond acceptors (Lipinski definition) is 4. The Morgan fingerprint density at radius 1 is 1.37 bits per heavy atom. The fraction of sp³-hybridized carbons (Fsp3) is 0.500. The van der Waals surface area contributed by atoms with Crippen LogP contribution in [0.2, 0.25) is 0 Å². The Hall–Kier alpha value is -0.760. The molecule has 1 saturated heterocycles. The average Bonchev–Trinajstić information content (AvgIpc) is 2.41. The first-order valence-corrected chi connectivity index (χ1v) is 7.09. The third kappa shape index (κ3) is 2.89. The Morgan fingerprint density at radius 3 is 2.74 bits per heavy atom. The zero-order valence-electron chi connectivity index (χ0n) is 10.5. The van der Waals surface area contributed by atoms with E-state index in [1.807, 2.05) is 11.9 Å². The largest absolute Gasteiger partial charge is 0.300 e. The molecule has 3 nitrogen and oxygen atoms in total. The average molecular weight is 291 g/mol. The quantitative estimate of drug-likeness (QED) is 0.505. The lowest BCUT2D eigenvalue weighted by molar-refractivity contribution is 0.212. The Bertz CT molecular complexity index is 458. The van der Waals surface area contributed by atoms with Crippen molar-refractivity contribution < 1.29 is 13.2 Å². The van der Waals surface area contributed by atoms with Crippen molar-refractivity contribution in [2.75, 3.05) is 25.1 Å². The molecular weight excluding hydrogens is 275 g/mol. The van der Waals surface area contributed by atoms with Gasteiger partial charge in [0.2, 0.25) is 0 Å². The van der Waals surface area contributed by atoms with E-state index in [4.69, 9.17) is 5.84 Å². The number of halogens is 3. The van der Waals surface area contributed by atoms with Crippen LogP contribution >= 0.6 is 11.8 Å². The van der Waals surface area contributed by atoms with Gasteiger partial charge in [0, 0.05) is 29.7 Å². The maximum Gasteiger partial charge on any atom is 0.194 e. The van der Waals surface area contributed by atoms with Gasteiger partial charge < -0.3 is 0 Å². The molecule has 0 saturated carbocycles. The molecule has 19 heavy (non-hydrogen) atoms. The van der Waals surface area contributed by atoms with Crippen LogP contribution in [0, 0.1) is 17.5 Å². The molecule has 1 aliphatic heterocycles. The summed E-state index contributed by atoms with van der Waals surface area (Å²) < 4.78 is 40.1. The van der Waals surface area contributed by atoms with Gasteiger partial charge in [0.1, 0.15) is 0 Å². The summed E-state index contributed by atoms with van der Waals surface area (Å²) in [5, 5.41) is 0. The molecule has 7 heteroatoms. The maximum absolute atomic E-state index is 13.8. The van der Waals surface area contributed by atoms with Gasteiger partial charge in [-0.2, -0.15) is 11.8 Å². The number of thioether (sulfide) groups is 1. The second kappa shape index (κ2) is 6.13. The Morgan fingerprint density at radius 2 is 2.11 bits per heavy atom. The summed E-state index contributed by atoms with van der Waals surface area (Å²) in [5.74, 6) is 3.41. The number of nitrogens with two attached hydrogens (primary N) is 1. The van der Waals surface area contributed by atoms with Crippen LogP contribution < -0.4 is 11.3 Å². The van der Waals surface area contributed by atoms with Gasteiger partial charge in [0.15, 0.2) is 17.5 Å². The van der Waals surface area contributed by atoms with E-state index in [9.17, 15) is 13.2 Å². The van der Waals surface area contributed by atoms with Crippen LogP contribution in [0.25, 0.3) is 0 Å². The molecule has 0 radical (unpaired) electrons. The van der Waals surface area contributed by atoms with Crippen LogP contribution in [-0.2, 0) is 0 Å². The maximum atomic E-state index is 13.8. The van der Waals surface area contributed by atoms with Crippen molar-refractivity contribution in [3.8, 4) is 0 Å². The molecule has 3 N–H and O–H groups in total. The fourth-order valence-corrected chi connectivity index (χ4v) is 3.52. The minimum absolute atomic E-state index is 0.0563. The monoisotopic (exact) mass is 291 g/mol. The highest BCUT2D eigenvalue weighted by Gasteiger charge is 2.31. The first kappa shape index (κ1) is 14.6. The van der Waals surface area contributed by atoms with Gasteiger partial charge in [-0.3, -0.25) is 16.2 Å². The minimum atomic E-state index is -1.45. The topological polar surface area (TPSA) is 41.3 Å². The molecule has 2 unspecified atom stereocenters. The van der Waals surface area contributed by atoms with Gasteiger partial charge in [-0.1, -0.05) is 6.07 Å².